The average molecular weight is 516 g/mol. The summed E-state index contributed by atoms with van der Waals surface area (Å²) < 4.78 is 5.15. The Morgan fingerprint density at radius 3 is 2.24 bits per heavy atom. The molecule has 0 bridgehead atoms. The molecular formula is C22H37IN4O2. The summed E-state index contributed by atoms with van der Waals surface area (Å²) in [6.45, 7) is 12.2. The number of piperidine rings is 1. The zero-order chi connectivity index (χ0) is 20.4. The van der Waals surface area contributed by atoms with Gasteiger partial charge < -0.3 is 15.0 Å². The molecule has 0 unspecified atom stereocenters. The van der Waals surface area contributed by atoms with Crippen molar-refractivity contribution in [3.63, 3.8) is 0 Å². The van der Waals surface area contributed by atoms with Gasteiger partial charge in [0.05, 0.1) is 12.5 Å². The molecule has 0 amide bonds. The second-order valence-electron chi connectivity index (χ2n) is 7.19. The van der Waals surface area contributed by atoms with Gasteiger partial charge in [0.25, 0.3) is 0 Å². The number of guanidine groups is 1. The largest absolute Gasteiger partial charge is 0.466 e. The van der Waals surface area contributed by atoms with Crippen LogP contribution in [0.3, 0.4) is 0 Å². The van der Waals surface area contributed by atoms with Crippen LogP contribution in [0.25, 0.3) is 0 Å². The van der Waals surface area contributed by atoms with E-state index in [4.69, 9.17) is 4.74 Å². The van der Waals surface area contributed by atoms with Crippen LogP contribution in [-0.2, 0) is 22.6 Å². The average Bonchev–Trinajstić information content (AvgIpc) is 2.74. The van der Waals surface area contributed by atoms with Gasteiger partial charge in [-0.25, -0.2) is 0 Å². The number of aliphatic imine (C=N–C) groups is 1. The standard InChI is InChI=1S/C22H36N4O2.HI/c1-5-25(6-2)17-19-10-8-18(9-11-19)16-24-22(23-4)26-14-12-20(13-15-26)21(27)28-7-3;/h8-11,20H,5-7,12-17H2,1-4H3,(H,23,24);1H. The highest BCUT2D eigenvalue weighted by Gasteiger charge is 2.27. The Bertz CT molecular complexity index is 624. The van der Waals surface area contributed by atoms with Crippen molar-refractivity contribution in [2.75, 3.05) is 39.8 Å². The molecule has 1 aromatic carbocycles. The molecule has 7 heteroatoms. The SMILES string of the molecule is CCOC(=O)C1CCN(C(=NC)NCc2ccc(CN(CC)CC)cc2)CC1.I. The molecule has 1 saturated heterocycles. The number of benzene rings is 1. The van der Waals surface area contributed by atoms with Gasteiger partial charge in [-0.05, 0) is 44.0 Å². The monoisotopic (exact) mass is 516 g/mol. The third-order valence-electron chi connectivity index (χ3n) is 5.40. The van der Waals surface area contributed by atoms with Gasteiger partial charge in [-0.15, -0.1) is 24.0 Å². The Labute approximate surface area is 193 Å². The normalized spacial score (nSPS) is 15.2. The van der Waals surface area contributed by atoms with Crippen LogP contribution in [0.5, 0.6) is 0 Å². The third-order valence-corrected chi connectivity index (χ3v) is 5.40. The molecule has 1 aromatic rings. The molecule has 1 heterocycles. The highest BCUT2D eigenvalue weighted by atomic mass is 127. The lowest BCUT2D eigenvalue weighted by atomic mass is 9.97. The van der Waals surface area contributed by atoms with Crippen molar-refractivity contribution in [3.8, 4) is 0 Å². The number of halogens is 1. The van der Waals surface area contributed by atoms with Crippen molar-refractivity contribution in [2.45, 2.75) is 46.7 Å². The van der Waals surface area contributed by atoms with Gasteiger partial charge in [0.1, 0.15) is 0 Å². The molecule has 1 fully saturated rings. The number of likely N-dealkylation sites (tertiary alicyclic amines) is 1. The molecule has 0 atom stereocenters. The lowest BCUT2D eigenvalue weighted by Gasteiger charge is -2.33. The van der Waals surface area contributed by atoms with Crippen molar-refractivity contribution < 1.29 is 9.53 Å². The number of hydrogen-bond donors (Lipinski definition) is 1. The van der Waals surface area contributed by atoms with Crippen LogP contribution in [0.15, 0.2) is 29.3 Å². The van der Waals surface area contributed by atoms with Crippen molar-refractivity contribution in [1.29, 1.82) is 0 Å². The van der Waals surface area contributed by atoms with Gasteiger partial charge in [0.2, 0.25) is 0 Å². The fourth-order valence-electron chi connectivity index (χ4n) is 3.57. The molecule has 0 aliphatic carbocycles. The summed E-state index contributed by atoms with van der Waals surface area (Å²) in [6.07, 6.45) is 1.64. The highest BCUT2D eigenvalue weighted by molar-refractivity contribution is 14.0. The number of nitrogens with one attached hydrogen (secondary N) is 1. The van der Waals surface area contributed by atoms with E-state index in [9.17, 15) is 4.79 Å². The van der Waals surface area contributed by atoms with Crippen molar-refractivity contribution >= 4 is 35.9 Å². The van der Waals surface area contributed by atoms with Crippen LogP contribution in [0.2, 0.25) is 0 Å². The number of ether oxygens (including phenoxy) is 1. The zero-order valence-corrected chi connectivity index (χ0v) is 20.6. The minimum atomic E-state index is -0.0603. The van der Waals surface area contributed by atoms with Crippen LogP contribution in [-0.4, -0.2) is 61.6 Å². The predicted molar refractivity (Wildman–Crippen MR) is 130 cm³/mol. The lowest BCUT2D eigenvalue weighted by Crippen LogP contribution is -2.46. The summed E-state index contributed by atoms with van der Waals surface area (Å²) in [5.41, 5.74) is 2.59. The number of carbonyl (C=O) groups is 1. The van der Waals surface area contributed by atoms with Crippen molar-refractivity contribution in [1.82, 2.24) is 15.1 Å². The summed E-state index contributed by atoms with van der Waals surface area (Å²) in [6, 6.07) is 8.80. The van der Waals surface area contributed by atoms with Gasteiger partial charge >= 0.3 is 5.97 Å². The first kappa shape index (κ1) is 25.7. The topological polar surface area (TPSA) is 57.2 Å². The summed E-state index contributed by atoms with van der Waals surface area (Å²) in [5, 5.41) is 3.46. The van der Waals surface area contributed by atoms with E-state index in [-0.39, 0.29) is 35.9 Å². The zero-order valence-electron chi connectivity index (χ0n) is 18.3. The molecule has 1 aliphatic rings. The molecular weight excluding hydrogens is 479 g/mol. The smallest absolute Gasteiger partial charge is 0.309 e. The molecule has 0 aromatic heterocycles. The maximum atomic E-state index is 11.9. The van der Waals surface area contributed by atoms with E-state index >= 15 is 0 Å². The van der Waals surface area contributed by atoms with Crippen LogP contribution in [0.4, 0.5) is 0 Å². The Balaban J connectivity index is 0.00000420. The molecule has 6 nitrogen and oxygen atoms in total. The van der Waals surface area contributed by atoms with E-state index in [1.807, 2.05) is 14.0 Å². The first-order valence-corrected chi connectivity index (χ1v) is 10.5. The van der Waals surface area contributed by atoms with E-state index in [2.05, 4.69) is 58.2 Å². The van der Waals surface area contributed by atoms with Crippen LogP contribution in [0.1, 0.15) is 44.7 Å². The fourth-order valence-corrected chi connectivity index (χ4v) is 3.57. The van der Waals surface area contributed by atoms with Crippen LogP contribution in [0, 0.1) is 5.92 Å². The Morgan fingerprint density at radius 1 is 1.14 bits per heavy atom. The maximum Gasteiger partial charge on any atom is 0.309 e. The van der Waals surface area contributed by atoms with Crippen LogP contribution >= 0.6 is 24.0 Å². The van der Waals surface area contributed by atoms with Gasteiger partial charge in [-0.3, -0.25) is 14.7 Å². The minimum Gasteiger partial charge on any atom is -0.466 e. The summed E-state index contributed by atoms with van der Waals surface area (Å²) in [7, 11) is 1.81. The highest BCUT2D eigenvalue weighted by Crippen LogP contribution is 2.19. The Hall–Kier alpha value is -1.35. The number of rotatable bonds is 8. The van der Waals surface area contributed by atoms with E-state index in [1.165, 1.54) is 11.1 Å². The fraction of sp³-hybridized carbons (Fsp3) is 0.636. The van der Waals surface area contributed by atoms with E-state index in [1.54, 1.807) is 0 Å². The first-order valence-electron chi connectivity index (χ1n) is 10.5. The number of hydrogen-bond acceptors (Lipinski definition) is 4. The Morgan fingerprint density at radius 2 is 1.72 bits per heavy atom. The van der Waals surface area contributed by atoms with E-state index in [0.717, 1.165) is 58.1 Å². The van der Waals surface area contributed by atoms with E-state index < -0.39 is 0 Å². The number of carbonyl (C=O) groups excluding carboxylic acids is 1. The lowest BCUT2D eigenvalue weighted by molar-refractivity contribution is -0.149. The van der Waals surface area contributed by atoms with Crippen molar-refractivity contribution in [2.24, 2.45) is 10.9 Å². The number of esters is 1. The molecule has 1 aliphatic heterocycles. The second-order valence-corrected chi connectivity index (χ2v) is 7.19. The van der Waals surface area contributed by atoms with Gasteiger partial charge in [0, 0.05) is 33.2 Å². The van der Waals surface area contributed by atoms with Gasteiger partial charge in [-0.1, -0.05) is 38.1 Å². The molecule has 2 rings (SSSR count). The molecule has 164 valence electrons. The number of nitrogens with zero attached hydrogens (tertiary/aromatic N) is 3. The molecule has 0 radical (unpaired) electrons. The molecule has 29 heavy (non-hydrogen) atoms. The van der Waals surface area contributed by atoms with Gasteiger partial charge in [0.15, 0.2) is 5.96 Å². The van der Waals surface area contributed by atoms with E-state index in [0.29, 0.717) is 6.61 Å². The van der Waals surface area contributed by atoms with Crippen LogP contribution < -0.4 is 5.32 Å². The molecule has 1 N–H and O–H groups in total. The summed E-state index contributed by atoms with van der Waals surface area (Å²) >= 11 is 0. The summed E-state index contributed by atoms with van der Waals surface area (Å²) in [4.78, 5) is 21.0. The van der Waals surface area contributed by atoms with Crippen molar-refractivity contribution in [3.05, 3.63) is 35.4 Å². The maximum absolute atomic E-state index is 11.9. The third kappa shape index (κ3) is 8.12. The quantitative estimate of drug-likeness (QED) is 0.248. The minimum absolute atomic E-state index is 0. The molecule has 0 saturated carbocycles. The Kier molecular flexibility index (Phi) is 12.2. The summed E-state index contributed by atoms with van der Waals surface area (Å²) in [5.74, 6) is 0.858. The first-order chi connectivity index (χ1) is 13.6. The van der Waals surface area contributed by atoms with Gasteiger partial charge in [-0.2, -0.15) is 0 Å². The predicted octanol–water partition coefficient (Wildman–Crippen LogP) is 3.50. The molecule has 0 spiro atoms. The second kappa shape index (κ2) is 13.8.